The lowest BCUT2D eigenvalue weighted by Gasteiger charge is -2.03. The molecule has 0 aliphatic heterocycles. The Kier molecular flexibility index (Phi) is 2.92. The summed E-state index contributed by atoms with van der Waals surface area (Å²) in [5.74, 6) is -1.34. The SMILES string of the molecule is NC(=O)c1ccc(Oc2ncc(N)s2)cc1F. The van der Waals surface area contributed by atoms with Gasteiger partial charge in [-0.25, -0.2) is 9.37 Å². The third kappa shape index (κ3) is 2.51. The minimum atomic E-state index is -0.826. The number of nitrogen functional groups attached to an aromatic ring is 1. The summed E-state index contributed by atoms with van der Waals surface area (Å²) in [5, 5.41) is 0.794. The average molecular weight is 253 g/mol. The maximum absolute atomic E-state index is 13.4. The van der Waals surface area contributed by atoms with E-state index in [1.165, 1.54) is 18.3 Å². The third-order valence-electron chi connectivity index (χ3n) is 1.91. The number of carbonyl (C=O) groups is 1. The lowest BCUT2D eigenvalue weighted by atomic mass is 10.2. The van der Waals surface area contributed by atoms with Crippen LogP contribution < -0.4 is 16.2 Å². The highest BCUT2D eigenvalue weighted by Crippen LogP contribution is 2.28. The monoisotopic (exact) mass is 253 g/mol. The second-order valence-corrected chi connectivity index (χ2v) is 4.16. The van der Waals surface area contributed by atoms with E-state index in [9.17, 15) is 9.18 Å². The Morgan fingerprint density at radius 2 is 2.24 bits per heavy atom. The number of thiazole rings is 1. The Hall–Kier alpha value is -2.15. The summed E-state index contributed by atoms with van der Waals surface area (Å²) in [6.45, 7) is 0. The van der Waals surface area contributed by atoms with E-state index in [0.717, 1.165) is 17.4 Å². The van der Waals surface area contributed by atoms with Gasteiger partial charge in [-0.05, 0) is 12.1 Å². The quantitative estimate of drug-likeness (QED) is 0.871. The van der Waals surface area contributed by atoms with Crippen molar-refractivity contribution in [1.29, 1.82) is 0 Å². The number of carbonyl (C=O) groups excluding carboxylic acids is 1. The maximum Gasteiger partial charge on any atom is 0.280 e. The van der Waals surface area contributed by atoms with Gasteiger partial charge in [0.2, 0.25) is 0 Å². The van der Waals surface area contributed by atoms with Gasteiger partial charge < -0.3 is 16.2 Å². The van der Waals surface area contributed by atoms with Crippen molar-refractivity contribution in [3.63, 3.8) is 0 Å². The number of hydrogen-bond acceptors (Lipinski definition) is 5. The molecule has 88 valence electrons. The molecule has 4 N–H and O–H groups in total. The Labute approximate surface area is 99.8 Å². The van der Waals surface area contributed by atoms with Crippen molar-refractivity contribution in [2.45, 2.75) is 0 Å². The summed E-state index contributed by atoms with van der Waals surface area (Å²) in [5.41, 5.74) is 10.3. The fraction of sp³-hybridized carbons (Fsp3) is 0. The number of ether oxygens (including phenoxy) is 1. The molecule has 2 rings (SSSR count). The third-order valence-corrected chi connectivity index (χ3v) is 2.62. The average Bonchev–Trinajstić information content (AvgIpc) is 2.63. The molecular weight excluding hydrogens is 245 g/mol. The number of amides is 1. The van der Waals surface area contributed by atoms with Crippen LogP contribution in [0.2, 0.25) is 0 Å². The van der Waals surface area contributed by atoms with Gasteiger partial charge in [0.15, 0.2) is 0 Å². The number of hydrogen-bond donors (Lipinski definition) is 2. The van der Waals surface area contributed by atoms with Crippen molar-refractivity contribution in [2.24, 2.45) is 5.73 Å². The van der Waals surface area contributed by atoms with Gasteiger partial charge in [0.05, 0.1) is 11.8 Å². The smallest absolute Gasteiger partial charge is 0.280 e. The fourth-order valence-corrected chi connectivity index (χ4v) is 1.73. The Balaban J connectivity index is 2.23. The van der Waals surface area contributed by atoms with Crippen LogP contribution in [-0.4, -0.2) is 10.9 Å². The number of benzene rings is 1. The van der Waals surface area contributed by atoms with Crippen molar-refractivity contribution < 1.29 is 13.9 Å². The zero-order valence-electron chi connectivity index (χ0n) is 8.51. The molecule has 0 aliphatic carbocycles. The van der Waals surface area contributed by atoms with Gasteiger partial charge in [-0.15, -0.1) is 0 Å². The summed E-state index contributed by atoms with van der Waals surface area (Å²) >= 11 is 1.13. The number of nitrogens with two attached hydrogens (primary N) is 2. The van der Waals surface area contributed by atoms with Crippen LogP contribution in [0.25, 0.3) is 0 Å². The first-order valence-electron chi connectivity index (χ1n) is 4.55. The van der Waals surface area contributed by atoms with Gasteiger partial charge in [-0.3, -0.25) is 4.79 Å². The number of primary amides is 1. The molecule has 0 bridgehead atoms. The van der Waals surface area contributed by atoms with Gasteiger partial charge in [-0.2, -0.15) is 0 Å². The number of nitrogens with zero attached hydrogens (tertiary/aromatic N) is 1. The minimum Gasteiger partial charge on any atom is -0.431 e. The molecule has 0 unspecified atom stereocenters. The zero-order valence-corrected chi connectivity index (χ0v) is 9.33. The van der Waals surface area contributed by atoms with E-state index in [2.05, 4.69) is 4.98 Å². The van der Waals surface area contributed by atoms with Crippen LogP contribution in [-0.2, 0) is 0 Å². The number of anilines is 1. The van der Waals surface area contributed by atoms with Crippen LogP contribution in [0.1, 0.15) is 10.4 Å². The van der Waals surface area contributed by atoms with Gasteiger partial charge in [-0.1, -0.05) is 11.3 Å². The summed E-state index contributed by atoms with van der Waals surface area (Å²) in [6, 6.07) is 3.75. The number of aromatic nitrogens is 1. The fourth-order valence-electron chi connectivity index (χ4n) is 1.18. The Morgan fingerprint density at radius 3 is 2.76 bits per heavy atom. The van der Waals surface area contributed by atoms with Crippen molar-refractivity contribution in [3.05, 3.63) is 35.8 Å². The van der Waals surface area contributed by atoms with Crippen LogP contribution in [0.5, 0.6) is 10.9 Å². The topological polar surface area (TPSA) is 91.2 Å². The molecule has 0 spiro atoms. The highest BCUT2D eigenvalue weighted by atomic mass is 32.1. The second-order valence-electron chi connectivity index (χ2n) is 3.14. The van der Waals surface area contributed by atoms with Crippen molar-refractivity contribution in [2.75, 3.05) is 5.73 Å². The number of halogens is 1. The summed E-state index contributed by atoms with van der Waals surface area (Å²) < 4.78 is 18.6. The normalized spacial score (nSPS) is 10.2. The lowest BCUT2D eigenvalue weighted by molar-refractivity contribution is 0.0996. The molecule has 0 saturated heterocycles. The summed E-state index contributed by atoms with van der Waals surface area (Å²) in [4.78, 5) is 14.7. The van der Waals surface area contributed by atoms with E-state index in [-0.39, 0.29) is 11.3 Å². The van der Waals surface area contributed by atoms with Crippen molar-refractivity contribution in [1.82, 2.24) is 4.98 Å². The maximum atomic E-state index is 13.4. The van der Waals surface area contributed by atoms with E-state index < -0.39 is 11.7 Å². The van der Waals surface area contributed by atoms with E-state index in [4.69, 9.17) is 16.2 Å². The molecule has 7 heteroatoms. The predicted molar refractivity (Wildman–Crippen MR) is 61.5 cm³/mol. The molecule has 2 aromatic rings. The zero-order chi connectivity index (χ0) is 12.4. The van der Waals surface area contributed by atoms with Gasteiger partial charge in [0.25, 0.3) is 11.1 Å². The molecule has 5 nitrogen and oxygen atoms in total. The van der Waals surface area contributed by atoms with E-state index in [1.54, 1.807) is 0 Å². The minimum absolute atomic E-state index is 0.184. The predicted octanol–water partition coefficient (Wildman–Crippen LogP) is 1.76. The first-order chi connectivity index (χ1) is 8.06. The lowest BCUT2D eigenvalue weighted by Crippen LogP contribution is -2.12. The molecule has 0 fully saturated rings. The first kappa shape index (κ1) is 11.3. The van der Waals surface area contributed by atoms with E-state index >= 15 is 0 Å². The van der Waals surface area contributed by atoms with Crippen molar-refractivity contribution in [3.8, 4) is 10.9 Å². The van der Waals surface area contributed by atoms with Gasteiger partial charge >= 0.3 is 0 Å². The molecular formula is C10H8FN3O2S. The molecule has 1 heterocycles. The molecule has 0 radical (unpaired) electrons. The van der Waals surface area contributed by atoms with E-state index in [0.29, 0.717) is 10.2 Å². The van der Waals surface area contributed by atoms with Crippen LogP contribution in [0.15, 0.2) is 24.4 Å². The highest BCUT2D eigenvalue weighted by molar-refractivity contribution is 7.17. The molecule has 17 heavy (non-hydrogen) atoms. The van der Waals surface area contributed by atoms with Crippen LogP contribution in [0.3, 0.4) is 0 Å². The number of rotatable bonds is 3. The molecule has 0 aliphatic rings. The standard InChI is InChI=1S/C10H8FN3O2S/c11-7-3-5(1-2-6(7)9(13)15)16-10-14-4-8(12)17-10/h1-4H,12H2,(H2,13,15). The van der Waals surface area contributed by atoms with Gasteiger partial charge in [0, 0.05) is 6.07 Å². The van der Waals surface area contributed by atoms with Crippen LogP contribution in [0, 0.1) is 5.82 Å². The highest BCUT2D eigenvalue weighted by Gasteiger charge is 2.10. The molecule has 0 saturated carbocycles. The molecule has 0 atom stereocenters. The molecule has 1 aromatic carbocycles. The molecule has 1 aromatic heterocycles. The Bertz CT molecular complexity index is 570. The molecule has 1 amide bonds. The van der Waals surface area contributed by atoms with E-state index in [1.807, 2.05) is 0 Å². The first-order valence-corrected chi connectivity index (χ1v) is 5.36. The van der Waals surface area contributed by atoms with Crippen LogP contribution >= 0.6 is 11.3 Å². The summed E-state index contributed by atoms with van der Waals surface area (Å²) in [6.07, 6.45) is 1.44. The van der Waals surface area contributed by atoms with Crippen LogP contribution in [0.4, 0.5) is 9.39 Å². The Morgan fingerprint density at radius 1 is 1.47 bits per heavy atom. The largest absolute Gasteiger partial charge is 0.431 e. The van der Waals surface area contributed by atoms with Gasteiger partial charge in [0.1, 0.15) is 16.6 Å². The van der Waals surface area contributed by atoms with Crippen molar-refractivity contribution >= 4 is 22.2 Å². The summed E-state index contributed by atoms with van der Waals surface area (Å²) in [7, 11) is 0. The second kappa shape index (κ2) is 4.38.